The molecule has 2 heterocycles. The number of carbonyl (C=O) groups is 4. The van der Waals surface area contributed by atoms with Crippen LogP contribution in [0.4, 0.5) is 16.2 Å². The van der Waals surface area contributed by atoms with Crippen molar-refractivity contribution in [3.63, 3.8) is 0 Å². The Kier molecular flexibility index (Phi) is 15.8. The molecule has 0 saturated carbocycles. The van der Waals surface area contributed by atoms with E-state index in [1.807, 2.05) is 19.1 Å². The number of hydrogen-bond donors (Lipinski definition) is 6. The third-order valence-corrected chi connectivity index (χ3v) is 9.11. The fourth-order valence-corrected chi connectivity index (χ4v) is 6.11. The zero-order chi connectivity index (χ0) is 37.4. The number of nitrogens with one attached hydrogen (secondary N) is 5. The Morgan fingerprint density at radius 3 is 2.10 bits per heavy atom. The Hall–Kier alpha value is -5.06. The lowest BCUT2D eigenvalue weighted by Crippen LogP contribution is -2.55. The first-order valence-electron chi connectivity index (χ1n) is 16.5. The molecular weight excluding hydrogens is 681 g/mol. The van der Waals surface area contributed by atoms with Gasteiger partial charge in [0.25, 0.3) is 0 Å². The number of carbonyl (C=O) groups excluding carboxylic acids is 4. The predicted octanol–water partition coefficient (Wildman–Crippen LogP) is 2.53. The lowest BCUT2D eigenvalue weighted by atomic mass is 10.0. The Labute approximate surface area is 296 Å². The van der Waals surface area contributed by atoms with Gasteiger partial charge in [-0.15, -0.1) is 20.4 Å². The smallest absolute Gasteiger partial charge is 0.338 e. The van der Waals surface area contributed by atoms with E-state index >= 15 is 0 Å². The van der Waals surface area contributed by atoms with E-state index in [-0.39, 0.29) is 56.5 Å². The molecule has 0 spiro atoms. The summed E-state index contributed by atoms with van der Waals surface area (Å²) >= 11 is 0. The van der Waals surface area contributed by atoms with E-state index in [2.05, 4.69) is 52.0 Å². The topological polar surface area (TPSA) is 254 Å². The maximum absolute atomic E-state index is 13.4. The van der Waals surface area contributed by atoms with Crippen LogP contribution in [0, 0.1) is 12.8 Å². The van der Waals surface area contributed by atoms with Gasteiger partial charge in [-0.25, -0.2) is 4.79 Å². The van der Waals surface area contributed by atoms with Crippen molar-refractivity contribution in [2.75, 3.05) is 36.9 Å². The Balaban J connectivity index is 1.58. The molecule has 0 unspecified atom stereocenters. The van der Waals surface area contributed by atoms with Crippen LogP contribution in [0.25, 0.3) is 11.5 Å². The molecule has 0 fully saturated rings. The SMILES string of the molecule is CCOP(=O)(Cc1nnc(-c2ccc(NCC(=O)N[C@H](C(=O)N[C@@H](CCCNC(N)=O)C(=O)Nc3ccc(C)cc3)C(C)C)cn2)nn1)OCC. The predicted molar refractivity (Wildman–Crippen MR) is 189 cm³/mol. The monoisotopic (exact) mass is 727 g/mol. The van der Waals surface area contributed by atoms with Crippen molar-refractivity contribution in [2.45, 2.75) is 65.7 Å². The van der Waals surface area contributed by atoms with Gasteiger partial charge in [0.2, 0.25) is 23.5 Å². The molecule has 7 N–H and O–H groups in total. The zero-order valence-electron chi connectivity index (χ0n) is 29.3. The average Bonchev–Trinajstić information content (AvgIpc) is 3.09. The fourth-order valence-electron chi connectivity index (χ4n) is 4.60. The lowest BCUT2D eigenvalue weighted by Gasteiger charge is -2.25. The molecule has 5 amide bonds. The number of pyridine rings is 1. The number of benzene rings is 1. The van der Waals surface area contributed by atoms with Crippen molar-refractivity contribution < 1.29 is 32.8 Å². The largest absolute Gasteiger partial charge is 0.375 e. The molecule has 18 nitrogen and oxygen atoms in total. The van der Waals surface area contributed by atoms with Crippen LogP contribution in [-0.2, 0) is 34.2 Å². The molecule has 0 saturated heterocycles. The van der Waals surface area contributed by atoms with Gasteiger partial charge < -0.3 is 41.4 Å². The van der Waals surface area contributed by atoms with Crippen molar-refractivity contribution in [2.24, 2.45) is 11.7 Å². The van der Waals surface area contributed by atoms with Crippen molar-refractivity contribution in [1.29, 1.82) is 0 Å². The summed E-state index contributed by atoms with van der Waals surface area (Å²) in [6.45, 7) is 9.31. The van der Waals surface area contributed by atoms with Gasteiger partial charge in [-0.05, 0) is 63.8 Å². The molecule has 2 aromatic heterocycles. The highest BCUT2D eigenvalue weighted by Gasteiger charge is 2.29. The number of aryl methyl sites for hydroxylation is 1. The van der Waals surface area contributed by atoms with Gasteiger partial charge in [-0.2, -0.15) is 0 Å². The first-order valence-corrected chi connectivity index (χ1v) is 18.2. The summed E-state index contributed by atoms with van der Waals surface area (Å²) in [4.78, 5) is 54.9. The second kappa shape index (κ2) is 20.0. The molecule has 19 heteroatoms. The minimum atomic E-state index is -3.42. The van der Waals surface area contributed by atoms with Gasteiger partial charge in [0.05, 0.1) is 31.6 Å². The molecule has 0 aliphatic rings. The molecule has 3 rings (SSSR count). The molecule has 1 aromatic carbocycles. The van der Waals surface area contributed by atoms with E-state index in [0.717, 1.165) is 5.56 Å². The molecule has 0 radical (unpaired) electrons. The van der Waals surface area contributed by atoms with Crippen LogP contribution in [-0.4, -0.2) is 87.5 Å². The van der Waals surface area contributed by atoms with Crippen LogP contribution >= 0.6 is 7.60 Å². The molecule has 3 aromatic rings. The summed E-state index contributed by atoms with van der Waals surface area (Å²) in [6, 6.07) is 7.87. The van der Waals surface area contributed by atoms with E-state index < -0.39 is 43.4 Å². The van der Waals surface area contributed by atoms with E-state index in [1.54, 1.807) is 52.0 Å². The lowest BCUT2D eigenvalue weighted by molar-refractivity contribution is -0.131. The molecular formula is C32H46N11O7P. The molecule has 0 aliphatic heterocycles. The number of urea groups is 1. The highest BCUT2D eigenvalue weighted by atomic mass is 31.2. The summed E-state index contributed by atoms with van der Waals surface area (Å²) in [5.41, 5.74) is 7.58. The third-order valence-electron chi connectivity index (χ3n) is 7.14. The minimum absolute atomic E-state index is 0.0974. The highest BCUT2D eigenvalue weighted by molar-refractivity contribution is 7.53. The van der Waals surface area contributed by atoms with E-state index in [9.17, 15) is 23.7 Å². The highest BCUT2D eigenvalue weighted by Crippen LogP contribution is 2.50. The quantitative estimate of drug-likeness (QED) is 0.0724. The molecule has 0 bridgehead atoms. The summed E-state index contributed by atoms with van der Waals surface area (Å²) in [5.74, 6) is -1.54. The van der Waals surface area contributed by atoms with Crippen molar-refractivity contribution in [3.8, 4) is 11.5 Å². The van der Waals surface area contributed by atoms with Gasteiger partial charge in [0, 0.05) is 12.2 Å². The molecule has 51 heavy (non-hydrogen) atoms. The fraction of sp³-hybridized carbons (Fsp3) is 0.469. The summed E-state index contributed by atoms with van der Waals surface area (Å²) in [7, 11) is -3.42. The summed E-state index contributed by atoms with van der Waals surface area (Å²) in [6.07, 6.45) is 1.86. The molecule has 0 aliphatic carbocycles. The molecule has 276 valence electrons. The number of primary amides is 1. The first kappa shape index (κ1) is 40.4. The van der Waals surface area contributed by atoms with Gasteiger partial charge in [-0.1, -0.05) is 31.5 Å². The Morgan fingerprint density at radius 2 is 1.53 bits per heavy atom. The van der Waals surface area contributed by atoms with Crippen molar-refractivity contribution in [1.82, 2.24) is 41.3 Å². The van der Waals surface area contributed by atoms with Crippen molar-refractivity contribution in [3.05, 3.63) is 54.0 Å². The van der Waals surface area contributed by atoms with Crippen LogP contribution in [0.1, 0.15) is 51.9 Å². The van der Waals surface area contributed by atoms with Gasteiger partial charge in [-0.3, -0.25) is 23.9 Å². The number of nitrogens with zero attached hydrogens (tertiary/aromatic N) is 5. The van der Waals surface area contributed by atoms with Crippen LogP contribution in [0.5, 0.6) is 0 Å². The van der Waals surface area contributed by atoms with Crippen LogP contribution in [0.3, 0.4) is 0 Å². The van der Waals surface area contributed by atoms with Gasteiger partial charge in [0.15, 0.2) is 5.82 Å². The summed E-state index contributed by atoms with van der Waals surface area (Å²) < 4.78 is 23.2. The van der Waals surface area contributed by atoms with Crippen molar-refractivity contribution >= 4 is 42.7 Å². The summed E-state index contributed by atoms with van der Waals surface area (Å²) in [5, 5.41) is 29.7. The minimum Gasteiger partial charge on any atom is -0.375 e. The number of nitrogens with two attached hydrogens (primary N) is 1. The second-order valence-electron chi connectivity index (χ2n) is 11.7. The van der Waals surface area contributed by atoms with E-state index in [0.29, 0.717) is 23.5 Å². The number of rotatable bonds is 20. The number of hydrogen-bond acceptors (Lipinski definition) is 13. The van der Waals surface area contributed by atoms with Gasteiger partial charge >= 0.3 is 13.6 Å². The maximum Gasteiger partial charge on any atom is 0.338 e. The van der Waals surface area contributed by atoms with E-state index in [4.69, 9.17) is 14.8 Å². The number of anilines is 2. The van der Waals surface area contributed by atoms with E-state index in [1.165, 1.54) is 6.20 Å². The normalized spacial score (nSPS) is 12.4. The van der Waals surface area contributed by atoms with Crippen LogP contribution in [0.2, 0.25) is 0 Å². The first-order chi connectivity index (χ1) is 24.3. The standard InChI is InChI=1S/C32H46N11O7P/c1-6-49-51(48,50-7-2)19-26-40-42-29(43-41-26)24-15-14-23(17-36-24)35-18-27(44)39-28(20(3)4)31(46)38-25(9-8-16-34-32(33)47)30(45)37-22-12-10-21(5)11-13-22/h10-15,17,20,25,28,35H,6-9,16,18-19H2,1-5H3,(H,37,45)(H,38,46)(H,39,44)(H3,33,34,47)/t25-,28-/m0/s1. The Bertz CT molecular complexity index is 1630. The number of amides is 5. The second-order valence-corrected chi connectivity index (χ2v) is 13.7. The zero-order valence-corrected chi connectivity index (χ0v) is 30.2. The average molecular weight is 728 g/mol. The third kappa shape index (κ3) is 13.6. The van der Waals surface area contributed by atoms with Gasteiger partial charge in [0.1, 0.15) is 23.9 Å². The number of aromatic nitrogens is 5. The molecule has 2 atom stereocenters. The maximum atomic E-state index is 13.4. The van der Waals surface area contributed by atoms with Crippen LogP contribution < -0.4 is 32.3 Å². The Morgan fingerprint density at radius 1 is 0.882 bits per heavy atom. The van der Waals surface area contributed by atoms with Crippen LogP contribution in [0.15, 0.2) is 42.6 Å².